The highest BCUT2D eigenvalue weighted by atomic mass is 32.2. The van der Waals surface area contributed by atoms with Gasteiger partial charge in [0.1, 0.15) is 0 Å². The third kappa shape index (κ3) is 5.18. The largest absolute Gasteiger partial charge is 0.341 e. The Hall–Kier alpha value is -3.50. The van der Waals surface area contributed by atoms with Gasteiger partial charge in [0.25, 0.3) is 11.1 Å². The predicted octanol–water partition coefficient (Wildman–Crippen LogP) is 3.20. The molecule has 2 saturated heterocycles. The lowest BCUT2D eigenvalue weighted by atomic mass is 9.96. The summed E-state index contributed by atoms with van der Waals surface area (Å²) in [5.41, 5.74) is 4.07. The standard InChI is InChI=1S/C24H25N7O2S/c32-22-21(34-24(33)29-22)13-18-5-9-26-23(28-18)31-11-7-16(8-12-31)14-25-15-17-3-1-2-4-19(17)20-6-10-27-30-20/h1-6,9-10,13,16,25H,7-8,11-12,14-15H2,(H,27,30)(H,29,32,33)/b21-13+. The van der Waals surface area contributed by atoms with E-state index in [1.807, 2.05) is 12.1 Å². The minimum Gasteiger partial charge on any atom is -0.341 e. The molecule has 0 atom stereocenters. The van der Waals surface area contributed by atoms with E-state index in [0.717, 1.165) is 56.5 Å². The van der Waals surface area contributed by atoms with E-state index in [-0.39, 0.29) is 11.1 Å². The summed E-state index contributed by atoms with van der Waals surface area (Å²) in [6.07, 6.45) is 7.20. The number of aromatic amines is 1. The van der Waals surface area contributed by atoms with Crippen LogP contribution in [0.2, 0.25) is 0 Å². The van der Waals surface area contributed by atoms with Crippen molar-refractivity contribution < 1.29 is 9.59 Å². The van der Waals surface area contributed by atoms with Crippen molar-refractivity contribution in [3.8, 4) is 11.3 Å². The molecule has 2 aromatic heterocycles. The van der Waals surface area contributed by atoms with Crippen molar-refractivity contribution in [2.24, 2.45) is 5.92 Å². The van der Waals surface area contributed by atoms with Gasteiger partial charge >= 0.3 is 0 Å². The fraction of sp³-hybridized carbons (Fsp3) is 0.292. The number of thioether (sulfide) groups is 1. The number of hydrogen-bond acceptors (Lipinski definition) is 8. The van der Waals surface area contributed by atoms with Crippen LogP contribution < -0.4 is 15.5 Å². The number of aromatic nitrogens is 4. The van der Waals surface area contributed by atoms with Gasteiger partial charge < -0.3 is 10.2 Å². The van der Waals surface area contributed by atoms with Gasteiger partial charge in [0.2, 0.25) is 5.95 Å². The molecule has 0 aliphatic carbocycles. The van der Waals surface area contributed by atoms with Gasteiger partial charge in [-0.15, -0.1) is 0 Å². The highest BCUT2D eigenvalue weighted by molar-refractivity contribution is 8.18. The number of piperidine rings is 1. The average Bonchev–Trinajstić information content (AvgIpc) is 3.50. The summed E-state index contributed by atoms with van der Waals surface area (Å²) in [5.74, 6) is 0.866. The number of hydrogen-bond donors (Lipinski definition) is 3. The van der Waals surface area contributed by atoms with Crippen molar-refractivity contribution in [1.82, 2.24) is 30.8 Å². The van der Waals surface area contributed by atoms with Crippen molar-refractivity contribution in [2.45, 2.75) is 19.4 Å². The summed E-state index contributed by atoms with van der Waals surface area (Å²) in [6.45, 7) is 3.53. The Kier molecular flexibility index (Phi) is 6.68. The van der Waals surface area contributed by atoms with Crippen LogP contribution in [0.3, 0.4) is 0 Å². The van der Waals surface area contributed by atoms with Gasteiger partial charge in [-0.2, -0.15) is 5.10 Å². The number of amides is 2. The molecule has 5 rings (SSSR count). The Morgan fingerprint density at radius 3 is 2.74 bits per heavy atom. The fourth-order valence-electron chi connectivity index (χ4n) is 4.24. The first-order valence-corrected chi connectivity index (χ1v) is 12.1. The molecule has 0 spiro atoms. The van der Waals surface area contributed by atoms with Gasteiger partial charge in [-0.1, -0.05) is 24.3 Å². The van der Waals surface area contributed by atoms with Gasteiger partial charge in [0.05, 0.1) is 16.3 Å². The smallest absolute Gasteiger partial charge is 0.290 e. The van der Waals surface area contributed by atoms with E-state index in [1.165, 1.54) is 11.1 Å². The second-order valence-electron chi connectivity index (χ2n) is 8.32. The van der Waals surface area contributed by atoms with E-state index in [1.54, 1.807) is 24.5 Å². The minimum absolute atomic E-state index is 0.355. The quantitative estimate of drug-likeness (QED) is 0.446. The van der Waals surface area contributed by atoms with Crippen molar-refractivity contribution in [3.05, 3.63) is 65.0 Å². The molecule has 1 aromatic carbocycles. The molecule has 3 N–H and O–H groups in total. The van der Waals surface area contributed by atoms with Gasteiger partial charge in [-0.25, -0.2) is 9.97 Å². The molecule has 174 valence electrons. The normalized spacial score (nSPS) is 18.0. The molecule has 0 unspecified atom stereocenters. The zero-order valence-corrected chi connectivity index (χ0v) is 19.3. The molecule has 2 aliphatic heterocycles. The van der Waals surface area contributed by atoms with Gasteiger partial charge in [-0.3, -0.25) is 20.0 Å². The monoisotopic (exact) mass is 475 g/mol. The predicted molar refractivity (Wildman–Crippen MR) is 132 cm³/mol. The summed E-state index contributed by atoms with van der Waals surface area (Å²) in [4.78, 5) is 34.7. The van der Waals surface area contributed by atoms with Crippen LogP contribution in [0.5, 0.6) is 0 Å². The second-order valence-corrected chi connectivity index (χ2v) is 9.34. The highest BCUT2D eigenvalue weighted by Crippen LogP contribution is 2.26. The van der Waals surface area contributed by atoms with Crippen LogP contribution in [0.4, 0.5) is 10.7 Å². The maximum atomic E-state index is 11.8. The lowest BCUT2D eigenvalue weighted by Gasteiger charge is -2.32. The Morgan fingerprint density at radius 1 is 1.12 bits per heavy atom. The van der Waals surface area contributed by atoms with Gasteiger partial charge in [0.15, 0.2) is 0 Å². The number of imide groups is 1. The summed E-state index contributed by atoms with van der Waals surface area (Å²) in [5, 5.41) is 12.6. The Bertz CT molecular complexity index is 1200. The van der Waals surface area contributed by atoms with E-state index in [9.17, 15) is 9.59 Å². The molecule has 2 aliphatic rings. The van der Waals surface area contributed by atoms with Gasteiger partial charge in [-0.05, 0) is 60.8 Å². The number of benzene rings is 1. The molecule has 0 saturated carbocycles. The molecule has 0 bridgehead atoms. The van der Waals surface area contributed by atoms with Crippen LogP contribution in [0, 0.1) is 5.92 Å². The lowest BCUT2D eigenvalue weighted by Crippen LogP contribution is -2.38. The first-order valence-electron chi connectivity index (χ1n) is 11.3. The molecule has 2 fully saturated rings. The summed E-state index contributed by atoms with van der Waals surface area (Å²) in [7, 11) is 0. The number of carbonyl (C=O) groups excluding carboxylic acids is 2. The van der Waals surface area contributed by atoms with Crippen LogP contribution >= 0.6 is 11.8 Å². The molecule has 10 heteroatoms. The highest BCUT2D eigenvalue weighted by Gasteiger charge is 2.25. The molecule has 4 heterocycles. The molecule has 9 nitrogen and oxygen atoms in total. The summed E-state index contributed by atoms with van der Waals surface area (Å²) < 4.78 is 0. The van der Waals surface area contributed by atoms with Gasteiger partial charge in [0, 0.05) is 37.6 Å². The van der Waals surface area contributed by atoms with E-state index >= 15 is 0 Å². The number of carbonyl (C=O) groups is 2. The van der Waals surface area contributed by atoms with Crippen LogP contribution in [-0.4, -0.2) is 50.9 Å². The number of H-pyrrole nitrogens is 1. The van der Waals surface area contributed by atoms with Crippen molar-refractivity contribution >= 4 is 34.9 Å². The van der Waals surface area contributed by atoms with Crippen molar-refractivity contribution in [1.29, 1.82) is 0 Å². The van der Waals surface area contributed by atoms with Crippen LogP contribution in [0.1, 0.15) is 24.1 Å². The molecular weight excluding hydrogens is 450 g/mol. The minimum atomic E-state index is -0.379. The van der Waals surface area contributed by atoms with Crippen LogP contribution in [-0.2, 0) is 11.3 Å². The molecule has 3 aromatic rings. The van der Waals surface area contributed by atoms with Crippen LogP contribution in [0.15, 0.2) is 53.7 Å². The van der Waals surface area contributed by atoms with E-state index in [2.05, 4.69) is 53.9 Å². The Balaban J connectivity index is 1.13. The van der Waals surface area contributed by atoms with Crippen LogP contribution in [0.25, 0.3) is 17.3 Å². The maximum absolute atomic E-state index is 11.8. The Labute approximate surface area is 201 Å². The van der Waals surface area contributed by atoms with Crippen molar-refractivity contribution in [2.75, 3.05) is 24.5 Å². The first-order chi connectivity index (χ1) is 16.7. The topological polar surface area (TPSA) is 116 Å². The molecular formula is C24H25N7O2S. The lowest BCUT2D eigenvalue weighted by molar-refractivity contribution is -0.115. The summed E-state index contributed by atoms with van der Waals surface area (Å²) >= 11 is 0.892. The first kappa shape index (κ1) is 22.3. The fourth-order valence-corrected chi connectivity index (χ4v) is 4.91. The third-order valence-electron chi connectivity index (χ3n) is 6.04. The zero-order chi connectivity index (χ0) is 23.3. The Morgan fingerprint density at radius 2 is 1.97 bits per heavy atom. The number of anilines is 1. The SMILES string of the molecule is O=C1NC(=O)/C(=C\c2ccnc(N3CCC(CNCc4ccccc4-c4ccn[nH]4)CC3)n2)S1. The zero-order valence-electron chi connectivity index (χ0n) is 18.5. The van der Waals surface area contributed by atoms with E-state index < -0.39 is 0 Å². The average molecular weight is 476 g/mol. The maximum Gasteiger partial charge on any atom is 0.290 e. The molecule has 2 amide bonds. The number of nitrogens with zero attached hydrogens (tertiary/aromatic N) is 4. The van der Waals surface area contributed by atoms with E-state index in [4.69, 9.17) is 0 Å². The van der Waals surface area contributed by atoms with Crippen molar-refractivity contribution in [3.63, 3.8) is 0 Å². The number of rotatable bonds is 7. The summed E-state index contributed by atoms with van der Waals surface area (Å²) in [6, 6.07) is 12.1. The van der Waals surface area contributed by atoms with E-state index in [0.29, 0.717) is 22.5 Å². The third-order valence-corrected chi connectivity index (χ3v) is 6.85. The number of nitrogens with one attached hydrogen (secondary N) is 3. The molecule has 34 heavy (non-hydrogen) atoms. The second kappa shape index (κ2) is 10.2. The molecule has 0 radical (unpaired) electrons.